The van der Waals surface area contributed by atoms with E-state index in [1.54, 1.807) is 24.3 Å². The Balaban J connectivity index is 1.19. The maximum absolute atomic E-state index is 12.9. The summed E-state index contributed by atoms with van der Waals surface area (Å²) in [6.07, 6.45) is 9.33. The fourth-order valence-electron chi connectivity index (χ4n) is 8.01. The number of esters is 2. The van der Waals surface area contributed by atoms with Crippen molar-refractivity contribution in [2.24, 2.45) is 0 Å². The first-order chi connectivity index (χ1) is 23.4. The van der Waals surface area contributed by atoms with Crippen molar-refractivity contribution >= 4 is 18.1 Å². The number of hydrogen-bond acceptors (Lipinski definition) is 7. The molecule has 2 fully saturated rings. The van der Waals surface area contributed by atoms with E-state index in [9.17, 15) is 14.4 Å². The highest BCUT2D eigenvalue weighted by Gasteiger charge is 2.40. The van der Waals surface area contributed by atoms with Crippen LogP contribution in [0.3, 0.4) is 0 Å². The SMILES string of the molecule is COC(=O)c1ccccc1C1(c2ccc(OC(=O)Oc3ccc(C4(c5ccccc5C(=O)OC)CCCCC4)cc3)cc2)CCCCC1. The van der Waals surface area contributed by atoms with Gasteiger partial charge in [-0.1, -0.05) is 99.2 Å². The largest absolute Gasteiger partial charge is 0.519 e. The van der Waals surface area contributed by atoms with Crippen molar-refractivity contribution in [2.75, 3.05) is 14.2 Å². The summed E-state index contributed by atoms with van der Waals surface area (Å²) in [4.78, 5) is 38.3. The minimum atomic E-state index is -0.831. The van der Waals surface area contributed by atoms with Crippen LogP contribution in [-0.4, -0.2) is 32.3 Å². The van der Waals surface area contributed by atoms with E-state index in [4.69, 9.17) is 18.9 Å². The molecule has 2 aliphatic rings. The summed E-state index contributed by atoms with van der Waals surface area (Å²) in [5.41, 5.74) is 4.57. The van der Waals surface area contributed by atoms with E-state index in [-0.39, 0.29) is 22.8 Å². The van der Waals surface area contributed by atoms with Gasteiger partial charge >= 0.3 is 18.1 Å². The first-order valence-electron chi connectivity index (χ1n) is 16.9. The molecule has 0 amide bonds. The van der Waals surface area contributed by atoms with Crippen LogP contribution in [0.4, 0.5) is 4.79 Å². The van der Waals surface area contributed by atoms with Gasteiger partial charge in [-0.3, -0.25) is 0 Å². The van der Waals surface area contributed by atoms with Gasteiger partial charge in [0.2, 0.25) is 0 Å². The number of ether oxygens (including phenoxy) is 4. The van der Waals surface area contributed by atoms with E-state index in [0.29, 0.717) is 22.6 Å². The Labute approximate surface area is 282 Å². The van der Waals surface area contributed by atoms with Gasteiger partial charge in [-0.15, -0.1) is 0 Å². The molecule has 248 valence electrons. The Morgan fingerprint density at radius 3 is 1.19 bits per heavy atom. The van der Waals surface area contributed by atoms with Gasteiger partial charge in [-0.2, -0.15) is 0 Å². The molecule has 0 heterocycles. The molecule has 7 heteroatoms. The van der Waals surface area contributed by atoms with Crippen LogP contribution in [0.1, 0.15) is 107 Å². The second kappa shape index (κ2) is 14.5. The molecule has 0 radical (unpaired) electrons. The summed E-state index contributed by atoms with van der Waals surface area (Å²) in [6, 6.07) is 30.4. The molecule has 0 unspecified atom stereocenters. The third kappa shape index (κ3) is 6.46. The molecule has 2 saturated carbocycles. The van der Waals surface area contributed by atoms with Crippen LogP contribution in [0.15, 0.2) is 97.1 Å². The van der Waals surface area contributed by atoms with Gasteiger partial charge in [0.1, 0.15) is 11.5 Å². The number of benzene rings is 4. The number of hydrogen-bond donors (Lipinski definition) is 0. The van der Waals surface area contributed by atoms with E-state index in [1.165, 1.54) is 14.2 Å². The van der Waals surface area contributed by atoms with Crippen molar-refractivity contribution in [3.05, 3.63) is 130 Å². The molecule has 7 nitrogen and oxygen atoms in total. The minimum absolute atomic E-state index is 0.336. The molecule has 0 N–H and O–H groups in total. The monoisotopic (exact) mass is 646 g/mol. The molecule has 0 bridgehead atoms. The maximum Gasteiger partial charge on any atom is 0.519 e. The Kier molecular flexibility index (Phi) is 9.95. The summed E-state index contributed by atoms with van der Waals surface area (Å²) in [5.74, 6) is 0.0544. The van der Waals surface area contributed by atoms with E-state index < -0.39 is 6.16 Å². The zero-order valence-corrected chi connectivity index (χ0v) is 27.7. The van der Waals surface area contributed by atoms with Crippen molar-refractivity contribution in [2.45, 2.75) is 75.0 Å². The average molecular weight is 647 g/mol. The standard InChI is InChI=1S/C41H42O7/c1-45-37(42)33-13-5-7-15-35(33)40(25-9-3-10-26-40)29-17-21-31(22-18-29)47-39(44)48-32-23-19-30(20-24-32)41(27-11-4-12-28-41)36-16-8-6-14-34(36)38(43)46-2/h5-8,13-24H,3-4,9-12,25-28H2,1-2H3. The topological polar surface area (TPSA) is 88.1 Å². The normalized spacial score (nSPS) is 16.7. The predicted molar refractivity (Wildman–Crippen MR) is 183 cm³/mol. The number of rotatable bonds is 8. The number of carbonyl (C=O) groups is 3. The third-order valence-corrected chi connectivity index (χ3v) is 10.3. The van der Waals surface area contributed by atoms with Crippen LogP contribution in [0, 0.1) is 0 Å². The lowest BCUT2D eigenvalue weighted by Gasteiger charge is -2.39. The van der Waals surface area contributed by atoms with E-state index in [1.807, 2.05) is 72.8 Å². The third-order valence-electron chi connectivity index (χ3n) is 10.3. The van der Waals surface area contributed by atoms with Crippen LogP contribution in [0.2, 0.25) is 0 Å². The summed E-state index contributed by atoms with van der Waals surface area (Å²) >= 11 is 0. The summed E-state index contributed by atoms with van der Waals surface area (Å²) in [6.45, 7) is 0. The average Bonchev–Trinajstić information content (AvgIpc) is 3.15. The van der Waals surface area contributed by atoms with Crippen molar-refractivity contribution < 1.29 is 33.3 Å². The first kappa shape index (κ1) is 33.0. The van der Waals surface area contributed by atoms with Crippen LogP contribution in [0.25, 0.3) is 0 Å². The molecule has 0 saturated heterocycles. The Morgan fingerprint density at radius 1 is 0.479 bits per heavy atom. The molecule has 0 aliphatic heterocycles. The second-order valence-corrected chi connectivity index (χ2v) is 12.9. The lowest BCUT2D eigenvalue weighted by molar-refractivity contribution is 0.0588. The van der Waals surface area contributed by atoms with Gasteiger partial charge < -0.3 is 18.9 Å². The molecule has 6 rings (SSSR count). The Morgan fingerprint density at radius 2 is 0.833 bits per heavy atom. The molecule has 4 aromatic carbocycles. The second-order valence-electron chi connectivity index (χ2n) is 12.9. The van der Waals surface area contributed by atoms with Gasteiger partial charge in [0, 0.05) is 10.8 Å². The summed E-state index contributed by atoms with van der Waals surface area (Å²) in [5, 5.41) is 0. The van der Waals surface area contributed by atoms with Crippen LogP contribution in [-0.2, 0) is 20.3 Å². The number of carbonyl (C=O) groups excluding carboxylic acids is 3. The predicted octanol–water partition coefficient (Wildman–Crippen LogP) is 9.34. The Bertz CT molecular complexity index is 1620. The zero-order valence-electron chi connectivity index (χ0n) is 27.7. The molecular weight excluding hydrogens is 604 g/mol. The van der Waals surface area contributed by atoms with Crippen LogP contribution in [0.5, 0.6) is 11.5 Å². The van der Waals surface area contributed by atoms with Crippen molar-refractivity contribution in [3.63, 3.8) is 0 Å². The van der Waals surface area contributed by atoms with Crippen molar-refractivity contribution in [3.8, 4) is 11.5 Å². The minimum Gasteiger partial charge on any atom is -0.465 e. The molecule has 0 spiro atoms. The summed E-state index contributed by atoms with van der Waals surface area (Å²) in [7, 11) is 2.82. The maximum atomic E-state index is 12.9. The van der Waals surface area contributed by atoms with E-state index in [0.717, 1.165) is 86.5 Å². The quantitative estimate of drug-likeness (QED) is 0.139. The summed E-state index contributed by atoms with van der Waals surface area (Å²) < 4.78 is 21.4. The smallest absolute Gasteiger partial charge is 0.465 e. The van der Waals surface area contributed by atoms with Crippen molar-refractivity contribution in [1.82, 2.24) is 0 Å². The fraction of sp³-hybridized carbons (Fsp3) is 0.341. The fourth-order valence-corrected chi connectivity index (χ4v) is 8.01. The Hall–Kier alpha value is -4.91. The highest BCUT2D eigenvalue weighted by molar-refractivity contribution is 5.92. The lowest BCUT2D eigenvalue weighted by Crippen LogP contribution is -2.32. The van der Waals surface area contributed by atoms with Gasteiger partial charge in [0.25, 0.3) is 0 Å². The first-order valence-corrected chi connectivity index (χ1v) is 16.9. The molecule has 0 aromatic heterocycles. The molecule has 4 aromatic rings. The molecule has 2 aliphatic carbocycles. The molecule has 48 heavy (non-hydrogen) atoms. The van der Waals surface area contributed by atoms with Gasteiger partial charge in [-0.05, 0) is 84.3 Å². The van der Waals surface area contributed by atoms with Gasteiger partial charge in [0.05, 0.1) is 25.3 Å². The van der Waals surface area contributed by atoms with Crippen molar-refractivity contribution in [1.29, 1.82) is 0 Å². The van der Waals surface area contributed by atoms with E-state index >= 15 is 0 Å². The van der Waals surface area contributed by atoms with Gasteiger partial charge in [0.15, 0.2) is 0 Å². The molecular formula is C41H42O7. The highest BCUT2D eigenvalue weighted by Crippen LogP contribution is 2.48. The highest BCUT2D eigenvalue weighted by atomic mass is 16.7. The van der Waals surface area contributed by atoms with Crippen LogP contribution >= 0.6 is 0 Å². The van der Waals surface area contributed by atoms with Crippen LogP contribution < -0.4 is 9.47 Å². The van der Waals surface area contributed by atoms with E-state index in [2.05, 4.69) is 0 Å². The lowest BCUT2D eigenvalue weighted by atomic mass is 9.64. The van der Waals surface area contributed by atoms with Gasteiger partial charge in [-0.25, -0.2) is 14.4 Å². The molecule has 0 atom stereocenters. The zero-order chi connectivity index (χ0) is 33.6. The number of methoxy groups -OCH3 is 2.